The molecule has 0 unspecified atom stereocenters. The van der Waals surface area contributed by atoms with Gasteiger partial charge >= 0.3 is 0 Å². The molecule has 2 heterocycles. The molecule has 3 rings (SSSR count). The summed E-state index contributed by atoms with van der Waals surface area (Å²) in [5, 5.41) is 14.1. The monoisotopic (exact) mass is 300 g/mol. The lowest BCUT2D eigenvalue weighted by atomic mass is 10.2. The van der Waals surface area contributed by atoms with Crippen LogP contribution in [0.5, 0.6) is 0 Å². The van der Waals surface area contributed by atoms with E-state index >= 15 is 0 Å². The number of likely N-dealkylation sites (tertiary alicyclic amines) is 1. The number of tetrazole rings is 1. The molecule has 0 spiro atoms. The quantitative estimate of drug-likeness (QED) is 0.905. The molecular formula is C15H20N6O. The minimum absolute atomic E-state index is 0.0170. The Bertz CT molecular complexity index is 627. The molecule has 1 fully saturated rings. The molecule has 7 nitrogen and oxygen atoms in total. The van der Waals surface area contributed by atoms with E-state index in [0.717, 1.165) is 43.7 Å². The molecule has 1 N–H and O–H groups in total. The standard InChI is InChI=1S/C15H20N6O/c1-2-8-20-9-4-7-14(20)15(22)17-12-5-3-6-13(10-12)21-11-16-18-19-21/h3,5-6,10-11,14H,2,4,7-9H2,1H3,(H,17,22)/t14-/m0/s1. The Morgan fingerprint density at radius 3 is 3.14 bits per heavy atom. The third-order valence-electron chi connectivity index (χ3n) is 3.90. The lowest BCUT2D eigenvalue weighted by Crippen LogP contribution is -2.39. The van der Waals surface area contributed by atoms with E-state index in [1.807, 2.05) is 24.3 Å². The number of rotatable bonds is 5. The minimum Gasteiger partial charge on any atom is -0.325 e. The summed E-state index contributed by atoms with van der Waals surface area (Å²) >= 11 is 0. The summed E-state index contributed by atoms with van der Waals surface area (Å²) in [4.78, 5) is 14.8. The maximum atomic E-state index is 12.5. The van der Waals surface area contributed by atoms with E-state index in [-0.39, 0.29) is 11.9 Å². The van der Waals surface area contributed by atoms with Crippen molar-refractivity contribution >= 4 is 11.6 Å². The van der Waals surface area contributed by atoms with Gasteiger partial charge in [-0.2, -0.15) is 0 Å². The third-order valence-corrected chi connectivity index (χ3v) is 3.90. The highest BCUT2D eigenvalue weighted by molar-refractivity contribution is 5.95. The maximum absolute atomic E-state index is 12.5. The van der Waals surface area contributed by atoms with Crippen molar-refractivity contribution in [2.75, 3.05) is 18.4 Å². The second-order valence-electron chi connectivity index (χ2n) is 5.49. The zero-order chi connectivity index (χ0) is 15.4. The van der Waals surface area contributed by atoms with Gasteiger partial charge in [0.05, 0.1) is 11.7 Å². The van der Waals surface area contributed by atoms with Crippen LogP contribution < -0.4 is 5.32 Å². The first kappa shape index (κ1) is 14.6. The molecule has 1 atom stereocenters. The van der Waals surface area contributed by atoms with Gasteiger partial charge in [0.25, 0.3) is 0 Å². The van der Waals surface area contributed by atoms with E-state index in [1.165, 1.54) is 6.33 Å². The topological polar surface area (TPSA) is 75.9 Å². The van der Waals surface area contributed by atoms with Gasteiger partial charge in [-0.1, -0.05) is 13.0 Å². The Balaban J connectivity index is 1.70. The van der Waals surface area contributed by atoms with Crippen LogP contribution >= 0.6 is 0 Å². The molecule has 1 aliphatic heterocycles. The molecule has 7 heteroatoms. The van der Waals surface area contributed by atoms with E-state index in [2.05, 4.69) is 32.7 Å². The second kappa shape index (κ2) is 6.65. The van der Waals surface area contributed by atoms with Crippen LogP contribution in [0.4, 0.5) is 5.69 Å². The number of hydrogen-bond acceptors (Lipinski definition) is 5. The van der Waals surface area contributed by atoms with Crippen LogP contribution in [-0.4, -0.2) is 50.1 Å². The van der Waals surface area contributed by atoms with Crippen LogP contribution in [0.3, 0.4) is 0 Å². The molecule has 116 valence electrons. The van der Waals surface area contributed by atoms with Crippen molar-refractivity contribution in [3.05, 3.63) is 30.6 Å². The van der Waals surface area contributed by atoms with Crippen molar-refractivity contribution in [2.45, 2.75) is 32.2 Å². The SMILES string of the molecule is CCCN1CCC[C@H]1C(=O)Nc1cccc(-n2cnnn2)c1. The normalized spacial score (nSPS) is 18.5. The van der Waals surface area contributed by atoms with Crippen LogP contribution in [0.1, 0.15) is 26.2 Å². The summed E-state index contributed by atoms with van der Waals surface area (Å²) in [6.45, 7) is 4.13. The molecule has 0 saturated carbocycles. The first-order valence-electron chi connectivity index (χ1n) is 7.66. The minimum atomic E-state index is -0.0170. The molecule has 0 radical (unpaired) electrons. The first-order chi connectivity index (χ1) is 10.8. The molecule has 0 bridgehead atoms. The lowest BCUT2D eigenvalue weighted by molar-refractivity contribution is -0.120. The number of amides is 1. The average molecular weight is 300 g/mol. The Morgan fingerprint density at radius 2 is 2.36 bits per heavy atom. The Kier molecular flexibility index (Phi) is 4.43. The van der Waals surface area contributed by atoms with Crippen molar-refractivity contribution < 1.29 is 4.79 Å². The maximum Gasteiger partial charge on any atom is 0.241 e. The number of carbonyl (C=O) groups is 1. The fourth-order valence-electron chi connectivity index (χ4n) is 2.91. The number of benzene rings is 1. The van der Waals surface area contributed by atoms with Gasteiger partial charge in [-0.25, -0.2) is 4.68 Å². The Hall–Kier alpha value is -2.28. The van der Waals surface area contributed by atoms with Gasteiger partial charge in [-0.3, -0.25) is 9.69 Å². The van der Waals surface area contributed by atoms with Crippen LogP contribution in [0.25, 0.3) is 5.69 Å². The fourth-order valence-corrected chi connectivity index (χ4v) is 2.91. The zero-order valence-corrected chi connectivity index (χ0v) is 12.6. The van der Waals surface area contributed by atoms with E-state index in [4.69, 9.17) is 0 Å². The van der Waals surface area contributed by atoms with Crippen LogP contribution in [0.2, 0.25) is 0 Å². The van der Waals surface area contributed by atoms with Crippen molar-refractivity contribution in [3.63, 3.8) is 0 Å². The summed E-state index contributed by atoms with van der Waals surface area (Å²) in [5.41, 5.74) is 1.58. The first-order valence-corrected chi connectivity index (χ1v) is 7.66. The number of aromatic nitrogens is 4. The Labute approximate surface area is 129 Å². The van der Waals surface area contributed by atoms with Gasteiger partial charge in [-0.05, 0) is 61.0 Å². The van der Waals surface area contributed by atoms with Gasteiger partial charge in [-0.15, -0.1) is 5.10 Å². The van der Waals surface area contributed by atoms with Gasteiger partial charge in [0.2, 0.25) is 5.91 Å². The second-order valence-corrected chi connectivity index (χ2v) is 5.49. The van der Waals surface area contributed by atoms with Crippen LogP contribution in [-0.2, 0) is 4.79 Å². The van der Waals surface area contributed by atoms with Crippen molar-refractivity contribution in [2.24, 2.45) is 0 Å². The summed E-state index contributed by atoms with van der Waals surface area (Å²) in [6, 6.07) is 7.51. The number of anilines is 1. The molecule has 1 aromatic carbocycles. The van der Waals surface area contributed by atoms with Crippen molar-refractivity contribution in [3.8, 4) is 5.69 Å². The van der Waals surface area contributed by atoms with Gasteiger partial charge < -0.3 is 5.32 Å². The highest BCUT2D eigenvalue weighted by atomic mass is 16.2. The number of nitrogens with one attached hydrogen (secondary N) is 1. The van der Waals surface area contributed by atoms with Gasteiger partial charge in [0, 0.05) is 5.69 Å². The summed E-state index contributed by atoms with van der Waals surface area (Å²) in [6.07, 6.45) is 4.61. The van der Waals surface area contributed by atoms with Gasteiger partial charge in [0.15, 0.2) is 0 Å². The summed E-state index contributed by atoms with van der Waals surface area (Å²) in [7, 11) is 0. The zero-order valence-electron chi connectivity index (χ0n) is 12.6. The van der Waals surface area contributed by atoms with Crippen molar-refractivity contribution in [1.29, 1.82) is 0 Å². The predicted octanol–water partition coefficient (Wildman–Crippen LogP) is 1.48. The number of hydrogen-bond donors (Lipinski definition) is 1. The molecule has 1 amide bonds. The predicted molar refractivity (Wildman–Crippen MR) is 82.7 cm³/mol. The smallest absolute Gasteiger partial charge is 0.241 e. The van der Waals surface area contributed by atoms with Crippen LogP contribution in [0.15, 0.2) is 30.6 Å². The van der Waals surface area contributed by atoms with Gasteiger partial charge in [0.1, 0.15) is 6.33 Å². The lowest BCUT2D eigenvalue weighted by Gasteiger charge is -2.23. The van der Waals surface area contributed by atoms with E-state index in [0.29, 0.717) is 0 Å². The highest BCUT2D eigenvalue weighted by Gasteiger charge is 2.29. The highest BCUT2D eigenvalue weighted by Crippen LogP contribution is 2.20. The van der Waals surface area contributed by atoms with E-state index < -0.39 is 0 Å². The van der Waals surface area contributed by atoms with Crippen molar-refractivity contribution in [1.82, 2.24) is 25.1 Å². The molecule has 0 aliphatic carbocycles. The third kappa shape index (κ3) is 3.14. The molecular weight excluding hydrogens is 280 g/mol. The molecule has 1 saturated heterocycles. The Morgan fingerprint density at radius 1 is 1.45 bits per heavy atom. The largest absolute Gasteiger partial charge is 0.325 e. The van der Waals surface area contributed by atoms with E-state index in [1.54, 1.807) is 4.68 Å². The molecule has 2 aromatic rings. The molecule has 1 aliphatic rings. The average Bonchev–Trinajstić information content (AvgIpc) is 3.19. The number of nitrogens with zero attached hydrogens (tertiary/aromatic N) is 5. The van der Waals surface area contributed by atoms with Crippen LogP contribution in [0, 0.1) is 0 Å². The molecule has 22 heavy (non-hydrogen) atoms. The summed E-state index contributed by atoms with van der Waals surface area (Å²) in [5.74, 6) is 0.0693. The van der Waals surface area contributed by atoms with E-state index in [9.17, 15) is 4.79 Å². The number of carbonyl (C=O) groups excluding carboxylic acids is 1. The summed E-state index contributed by atoms with van der Waals surface area (Å²) < 4.78 is 1.56. The fraction of sp³-hybridized carbons (Fsp3) is 0.467. The molecule has 1 aromatic heterocycles.